The molecule has 2 aromatic rings. The van der Waals surface area contributed by atoms with E-state index in [0.717, 1.165) is 21.7 Å². The molecule has 1 aliphatic rings. The lowest BCUT2D eigenvalue weighted by atomic mass is 10.0. The van der Waals surface area contributed by atoms with Crippen molar-refractivity contribution in [2.75, 3.05) is 6.61 Å². The minimum atomic E-state index is -0.848. The van der Waals surface area contributed by atoms with Gasteiger partial charge in [0.15, 0.2) is 6.61 Å². The van der Waals surface area contributed by atoms with Crippen LogP contribution >= 0.6 is 15.9 Å². The van der Waals surface area contributed by atoms with Gasteiger partial charge < -0.3 is 15.2 Å². The molecule has 1 saturated carbocycles. The predicted molar refractivity (Wildman–Crippen MR) is 94.1 cm³/mol. The monoisotopic (exact) mass is 391 g/mol. The summed E-state index contributed by atoms with van der Waals surface area (Å²) in [5.41, 5.74) is 0. The van der Waals surface area contributed by atoms with Crippen LogP contribution < -0.4 is 10.1 Å². The lowest BCUT2D eigenvalue weighted by Crippen LogP contribution is -2.42. The van der Waals surface area contributed by atoms with E-state index in [1.807, 2.05) is 36.4 Å². The van der Waals surface area contributed by atoms with Gasteiger partial charge in [-0.05, 0) is 47.9 Å². The lowest BCUT2D eigenvalue weighted by molar-refractivity contribution is -0.142. The Kier molecular flexibility index (Phi) is 5.04. The van der Waals surface area contributed by atoms with Crippen molar-refractivity contribution >= 4 is 38.6 Å². The van der Waals surface area contributed by atoms with E-state index in [0.29, 0.717) is 18.6 Å². The number of nitrogens with one attached hydrogen (secondary N) is 1. The van der Waals surface area contributed by atoms with Crippen LogP contribution in [-0.2, 0) is 9.59 Å². The topological polar surface area (TPSA) is 75.6 Å². The smallest absolute Gasteiger partial charge is 0.308 e. The summed E-state index contributed by atoms with van der Waals surface area (Å²) >= 11 is 3.43. The molecule has 3 rings (SSSR count). The van der Waals surface area contributed by atoms with Gasteiger partial charge in [-0.15, -0.1) is 0 Å². The highest BCUT2D eigenvalue weighted by molar-refractivity contribution is 9.10. The van der Waals surface area contributed by atoms with E-state index < -0.39 is 11.9 Å². The molecule has 2 atom stereocenters. The number of carbonyl (C=O) groups excluding carboxylic acids is 1. The molecular formula is C18H18BrNO4. The van der Waals surface area contributed by atoms with Gasteiger partial charge in [-0.3, -0.25) is 9.59 Å². The van der Waals surface area contributed by atoms with Crippen LogP contribution in [-0.4, -0.2) is 29.6 Å². The Morgan fingerprint density at radius 1 is 1.17 bits per heavy atom. The van der Waals surface area contributed by atoms with Crippen LogP contribution in [0, 0.1) is 5.92 Å². The second kappa shape index (κ2) is 7.21. The van der Waals surface area contributed by atoms with Crippen LogP contribution in [0.15, 0.2) is 40.9 Å². The third-order valence-electron chi connectivity index (χ3n) is 4.32. The molecule has 0 spiro atoms. The van der Waals surface area contributed by atoms with E-state index in [1.54, 1.807) is 0 Å². The largest absolute Gasteiger partial charge is 0.484 e. The van der Waals surface area contributed by atoms with Gasteiger partial charge in [-0.25, -0.2) is 0 Å². The summed E-state index contributed by atoms with van der Waals surface area (Å²) < 4.78 is 6.55. The molecule has 0 unspecified atom stereocenters. The van der Waals surface area contributed by atoms with Gasteiger partial charge >= 0.3 is 5.97 Å². The molecule has 2 aromatic carbocycles. The van der Waals surface area contributed by atoms with E-state index in [-0.39, 0.29) is 18.6 Å². The van der Waals surface area contributed by atoms with Crippen molar-refractivity contribution in [1.82, 2.24) is 5.32 Å². The predicted octanol–water partition coefficient (Wildman–Crippen LogP) is 3.35. The third kappa shape index (κ3) is 3.87. The number of ether oxygens (including phenoxy) is 1. The summed E-state index contributed by atoms with van der Waals surface area (Å²) in [5, 5.41) is 14.0. The van der Waals surface area contributed by atoms with Crippen LogP contribution in [0.2, 0.25) is 0 Å². The number of carboxylic acids is 1. The fourth-order valence-corrected chi connectivity index (χ4v) is 3.49. The highest BCUT2D eigenvalue weighted by atomic mass is 79.9. The Hall–Kier alpha value is -2.08. The van der Waals surface area contributed by atoms with Gasteiger partial charge in [0.05, 0.1) is 5.92 Å². The molecule has 0 aromatic heterocycles. The van der Waals surface area contributed by atoms with Gasteiger partial charge in [0, 0.05) is 10.5 Å². The van der Waals surface area contributed by atoms with Gasteiger partial charge in [-0.2, -0.15) is 0 Å². The Balaban J connectivity index is 1.58. The van der Waals surface area contributed by atoms with E-state index in [9.17, 15) is 9.59 Å². The maximum absolute atomic E-state index is 12.0. The SMILES string of the molecule is O=C(COc1ccc2cc(Br)ccc2c1)N[C@H]1CCC[C@H]1C(=O)O. The molecule has 1 fully saturated rings. The van der Waals surface area contributed by atoms with E-state index >= 15 is 0 Å². The molecule has 0 heterocycles. The average molecular weight is 392 g/mol. The average Bonchev–Trinajstić information content (AvgIpc) is 3.01. The number of rotatable bonds is 5. The van der Waals surface area contributed by atoms with Gasteiger partial charge in [0.1, 0.15) is 5.75 Å². The van der Waals surface area contributed by atoms with Crippen LogP contribution in [0.5, 0.6) is 5.75 Å². The normalized spacial score (nSPS) is 20.0. The minimum Gasteiger partial charge on any atom is -0.484 e. The number of fused-ring (bicyclic) bond motifs is 1. The van der Waals surface area contributed by atoms with Crippen molar-refractivity contribution in [3.05, 3.63) is 40.9 Å². The number of benzene rings is 2. The molecule has 126 valence electrons. The van der Waals surface area contributed by atoms with E-state index in [2.05, 4.69) is 21.2 Å². The quantitative estimate of drug-likeness (QED) is 0.819. The van der Waals surface area contributed by atoms with Crippen molar-refractivity contribution in [2.45, 2.75) is 25.3 Å². The zero-order chi connectivity index (χ0) is 17.1. The summed E-state index contributed by atoms with van der Waals surface area (Å²) in [6, 6.07) is 11.3. The van der Waals surface area contributed by atoms with Gasteiger partial charge in [0.2, 0.25) is 0 Å². The third-order valence-corrected chi connectivity index (χ3v) is 4.82. The summed E-state index contributed by atoms with van der Waals surface area (Å²) in [5.74, 6) is -1.02. The molecular weight excluding hydrogens is 374 g/mol. The van der Waals surface area contributed by atoms with Crippen molar-refractivity contribution in [2.24, 2.45) is 5.92 Å². The Morgan fingerprint density at radius 2 is 1.92 bits per heavy atom. The zero-order valence-corrected chi connectivity index (χ0v) is 14.6. The van der Waals surface area contributed by atoms with Crippen molar-refractivity contribution in [3.8, 4) is 5.75 Å². The number of halogens is 1. The summed E-state index contributed by atoms with van der Waals surface area (Å²) in [6.45, 7) is -0.120. The van der Waals surface area contributed by atoms with E-state index in [1.165, 1.54) is 0 Å². The minimum absolute atomic E-state index is 0.120. The van der Waals surface area contributed by atoms with Crippen LogP contribution in [0.25, 0.3) is 10.8 Å². The van der Waals surface area contributed by atoms with Crippen molar-refractivity contribution in [1.29, 1.82) is 0 Å². The Morgan fingerprint density at radius 3 is 2.71 bits per heavy atom. The molecule has 24 heavy (non-hydrogen) atoms. The van der Waals surface area contributed by atoms with Crippen molar-refractivity contribution < 1.29 is 19.4 Å². The fraction of sp³-hybridized carbons (Fsp3) is 0.333. The molecule has 0 bridgehead atoms. The van der Waals surface area contributed by atoms with Crippen molar-refractivity contribution in [3.63, 3.8) is 0 Å². The summed E-state index contributed by atoms with van der Waals surface area (Å²) in [6.07, 6.45) is 2.14. The number of carboxylic acid groups (broad SMARTS) is 1. The molecule has 2 N–H and O–H groups in total. The highest BCUT2D eigenvalue weighted by Crippen LogP contribution is 2.26. The number of carbonyl (C=O) groups is 2. The summed E-state index contributed by atoms with van der Waals surface area (Å²) in [7, 11) is 0. The highest BCUT2D eigenvalue weighted by Gasteiger charge is 2.33. The number of hydrogen-bond donors (Lipinski definition) is 2. The first-order valence-electron chi connectivity index (χ1n) is 7.87. The first-order chi connectivity index (χ1) is 11.5. The van der Waals surface area contributed by atoms with Crippen LogP contribution in [0.3, 0.4) is 0 Å². The second-order valence-corrected chi connectivity index (χ2v) is 6.91. The van der Waals surface area contributed by atoms with Gasteiger partial charge in [0.25, 0.3) is 5.91 Å². The number of hydrogen-bond acceptors (Lipinski definition) is 3. The second-order valence-electron chi connectivity index (χ2n) is 5.99. The molecule has 6 heteroatoms. The zero-order valence-electron chi connectivity index (χ0n) is 13.0. The maximum atomic E-state index is 12.0. The Bertz CT molecular complexity index is 777. The van der Waals surface area contributed by atoms with Gasteiger partial charge in [-0.1, -0.05) is 34.5 Å². The first kappa shape index (κ1) is 16.8. The Labute approximate surface area is 148 Å². The number of aliphatic carboxylic acids is 1. The molecule has 1 amide bonds. The molecule has 0 radical (unpaired) electrons. The van der Waals surface area contributed by atoms with Crippen LogP contribution in [0.4, 0.5) is 0 Å². The lowest BCUT2D eigenvalue weighted by Gasteiger charge is -2.17. The molecule has 5 nitrogen and oxygen atoms in total. The maximum Gasteiger partial charge on any atom is 0.308 e. The molecule has 1 aliphatic carbocycles. The fourth-order valence-electron chi connectivity index (χ4n) is 3.11. The molecule has 0 saturated heterocycles. The summed E-state index contributed by atoms with van der Waals surface area (Å²) in [4.78, 5) is 23.1. The first-order valence-corrected chi connectivity index (χ1v) is 8.66. The molecule has 0 aliphatic heterocycles. The standard InChI is InChI=1S/C18H18BrNO4/c19-13-6-4-12-9-14(7-5-11(12)8-13)24-10-17(21)20-16-3-1-2-15(16)18(22)23/h4-9,15-16H,1-3,10H2,(H,20,21)(H,22,23)/t15-,16+/m1/s1. The van der Waals surface area contributed by atoms with E-state index in [4.69, 9.17) is 9.84 Å². The van der Waals surface area contributed by atoms with Crippen LogP contribution in [0.1, 0.15) is 19.3 Å². The number of amides is 1.